The fourth-order valence-corrected chi connectivity index (χ4v) is 4.90. The van der Waals surface area contributed by atoms with Crippen molar-refractivity contribution in [2.45, 2.75) is 45.2 Å². The maximum atomic E-state index is 12.7. The lowest BCUT2D eigenvalue weighted by atomic mass is 9.92. The van der Waals surface area contributed by atoms with Crippen molar-refractivity contribution in [3.8, 4) is 10.8 Å². The number of nitrogens with zero attached hydrogens (tertiary/aromatic N) is 3. The van der Waals surface area contributed by atoms with Crippen molar-refractivity contribution < 1.29 is 9.21 Å². The summed E-state index contributed by atoms with van der Waals surface area (Å²) in [6.45, 7) is 2.66. The SMILES string of the molecule is Cc1ccc(-c2nc(CC(=O)NC3CCCc4c3cnn4Cc3ccccc3)cs2)o1. The van der Waals surface area contributed by atoms with Crippen LogP contribution >= 0.6 is 11.3 Å². The minimum atomic E-state index is -0.0128. The zero-order chi connectivity index (χ0) is 21.2. The molecule has 4 aromatic rings. The second kappa shape index (κ2) is 8.51. The van der Waals surface area contributed by atoms with Gasteiger partial charge in [0, 0.05) is 16.6 Å². The third-order valence-corrected chi connectivity index (χ3v) is 6.52. The van der Waals surface area contributed by atoms with Crippen LogP contribution in [0.25, 0.3) is 10.8 Å². The topological polar surface area (TPSA) is 73.0 Å². The van der Waals surface area contributed by atoms with Gasteiger partial charge in [0.2, 0.25) is 5.91 Å². The Balaban J connectivity index is 1.25. The summed E-state index contributed by atoms with van der Waals surface area (Å²) in [4.78, 5) is 17.3. The predicted molar refractivity (Wildman–Crippen MR) is 120 cm³/mol. The first-order valence-corrected chi connectivity index (χ1v) is 11.4. The summed E-state index contributed by atoms with van der Waals surface area (Å²) in [7, 11) is 0. The molecule has 3 aromatic heterocycles. The lowest BCUT2D eigenvalue weighted by Gasteiger charge is -2.24. The number of rotatable bonds is 6. The quantitative estimate of drug-likeness (QED) is 0.480. The van der Waals surface area contributed by atoms with Crippen LogP contribution in [-0.2, 0) is 24.2 Å². The van der Waals surface area contributed by atoms with Crippen molar-refractivity contribution in [3.63, 3.8) is 0 Å². The number of carbonyl (C=O) groups excluding carboxylic acids is 1. The molecular weight excluding hydrogens is 408 g/mol. The maximum Gasteiger partial charge on any atom is 0.226 e. The summed E-state index contributed by atoms with van der Waals surface area (Å²) >= 11 is 1.50. The standard InChI is InChI=1S/C24H24N4O2S/c1-16-10-11-22(30-16)24-26-18(15-31-24)12-23(29)27-20-8-5-9-21-19(20)13-25-28(21)14-17-6-3-2-4-7-17/h2-4,6-7,10-11,13,15,20H,5,8-9,12,14H2,1H3,(H,27,29). The van der Waals surface area contributed by atoms with Gasteiger partial charge in [-0.15, -0.1) is 11.3 Å². The summed E-state index contributed by atoms with van der Waals surface area (Å²) in [6, 6.07) is 14.2. The number of amides is 1. The molecule has 0 bridgehead atoms. The summed E-state index contributed by atoms with van der Waals surface area (Å²) in [5.41, 5.74) is 4.36. The van der Waals surface area contributed by atoms with E-state index in [1.54, 1.807) is 0 Å². The average molecular weight is 433 g/mol. The van der Waals surface area contributed by atoms with Gasteiger partial charge in [0.1, 0.15) is 5.76 Å². The van der Waals surface area contributed by atoms with Gasteiger partial charge in [-0.05, 0) is 43.9 Å². The van der Waals surface area contributed by atoms with E-state index in [4.69, 9.17) is 4.42 Å². The number of nitrogens with one attached hydrogen (secondary N) is 1. The van der Waals surface area contributed by atoms with Crippen LogP contribution in [0, 0.1) is 6.92 Å². The third-order valence-electron chi connectivity index (χ3n) is 5.62. The van der Waals surface area contributed by atoms with Gasteiger partial charge in [0.15, 0.2) is 10.8 Å². The molecule has 3 heterocycles. The van der Waals surface area contributed by atoms with Gasteiger partial charge in [-0.25, -0.2) is 4.98 Å². The first kappa shape index (κ1) is 19.8. The van der Waals surface area contributed by atoms with E-state index in [0.717, 1.165) is 53.6 Å². The lowest BCUT2D eigenvalue weighted by Crippen LogP contribution is -2.32. The smallest absolute Gasteiger partial charge is 0.226 e. The van der Waals surface area contributed by atoms with E-state index in [-0.39, 0.29) is 18.4 Å². The Morgan fingerprint density at radius 3 is 2.94 bits per heavy atom. The molecule has 0 saturated carbocycles. The first-order chi connectivity index (χ1) is 15.2. The Morgan fingerprint density at radius 2 is 2.13 bits per heavy atom. The molecule has 1 aliphatic rings. The highest BCUT2D eigenvalue weighted by atomic mass is 32.1. The summed E-state index contributed by atoms with van der Waals surface area (Å²) < 4.78 is 7.70. The van der Waals surface area contributed by atoms with E-state index >= 15 is 0 Å². The Hall–Kier alpha value is -3.19. The molecule has 1 N–H and O–H groups in total. The summed E-state index contributed by atoms with van der Waals surface area (Å²) in [5.74, 6) is 1.59. The zero-order valence-corrected chi connectivity index (χ0v) is 18.2. The summed E-state index contributed by atoms with van der Waals surface area (Å²) in [6.07, 6.45) is 5.15. The molecule has 0 fully saturated rings. The second-order valence-electron chi connectivity index (χ2n) is 7.93. The monoisotopic (exact) mass is 432 g/mol. The van der Waals surface area contributed by atoms with Gasteiger partial charge in [-0.2, -0.15) is 5.10 Å². The number of hydrogen-bond donors (Lipinski definition) is 1. The number of benzene rings is 1. The molecule has 7 heteroatoms. The Labute approximate surface area is 184 Å². The van der Waals surface area contributed by atoms with Crippen molar-refractivity contribution in [2.75, 3.05) is 0 Å². The molecule has 6 nitrogen and oxygen atoms in total. The molecule has 0 spiro atoms. The number of thiazole rings is 1. The highest BCUT2D eigenvalue weighted by Gasteiger charge is 2.26. The highest BCUT2D eigenvalue weighted by molar-refractivity contribution is 7.13. The number of carbonyl (C=O) groups is 1. The molecule has 0 radical (unpaired) electrons. The van der Waals surface area contributed by atoms with Crippen LogP contribution in [0.1, 0.15) is 47.2 Å². The van der Waals surface area contributed by atoms with Crippen molar-refractivity contribution >= 4 is 17.2 Å². The van der Waals surface area contributed by atoms with Gasteiger partial charge < -0.3 is 9.73 Å². The summed E-state index contributed by atoms with van der Waals surface area (Å²) in [5, 5.41) is 10.6. The third kappa shape index (κ3) is 4.32. The van der Waals surface area contributed by atoms with Crippen LogP contribution in [0.2, 0.25) is 0 Å². The number of hydrogen-bond acceptors (Lipinski definition) is 5. The number of fused-ring (bicyclic) bond motifs is 1. The molecule has 0 saturated heterocycles. The first-order valence-electron chi connectivity index (χ1n) is 10.5. The van der Waals surface area contributed by atoms with Crippen LogP contribution in [0.15, 0.2) is 58.5 Å². The lowest BCUT2D eigenvalue weighted by molar-refractivity contribution is -0.121. The fraction of sp³-hybridized carbons (Fsp3) is 0.292. The van der Waals surface area contributed by atoms with Gasteiger partial charge in [0.05, 0.1) is 30.9 Å². The molecule has 1 aliphatic carbocycles. The van der Waals surface area contributed by atoms with Crippen molar-refractivity contribution in [1.82, 2.24) is 20.1 Å². The van der Waals surface area contributed by atoms with Gasteiger partial charge in [0.25, 0.3) is 0 Å². The number of aromatic nitrogens is 3. The molecule has 0 aliphatic heterocycles. The maximum absolute atomic E-state index is 12.7. The van der Waals surface area contributed by atoms with Gasteiger partial charge >= 0.3 is 0 Å². The van der Waals surface area contributed by atoms with E-state index in [1.807, 2.05) is 48.8 Å². The van der Waals surface area contributed by atoms with Crippen LogP contribution in [0.3, 0.4) is 0 Å². The molecule has 1 unspecified atom stereocenters. The molecule has 31 heavy (non-hydrogen) atoms. The van der Waals surface area contributed by atoms with Crippen LogP contribution in [0.5, 0.6) is 0 Å². The van der Waals surface area contributed by atoms with Crippen molar-refractivity contribution in [1.29, 1.82) is 0 Å². The van der Waals surface area contributed by atoms with Crippen molar-refractivity contribution in [3.05, 3.63) is 82.3 Å². The normalized spacial score (nSPS) is 15.6. The zero-order valence-electron chi connectivity index (χ0n) is 17.4. The second-order valence-corrected chi connectivity index (χ2v) is 8.79. The molecule has 1 aromatic carbocycles. The average Bonchev–Trinajstić information content (AvgIpc) is 3.50. The minimum absolute atomic E-state index is 0.00611. The Morgan fingerprint density at radius 1 is 1.26 bits per heavy atom. The minimum Gasteiger partial charge on any atom is -0.459 e. The van der Waals surface area contributed by atoms with Crippen molar-refractivity contribution in [2.24, 2.45) is 0 Å². The molecule has 5 rings (SSSR count). The Kier molecular flexibility index (Phi) is 5.42. The van der Waals surface area contributed by atoms with Crippen LogP contribution in [0.4, 0.5) is 0 Å². The molecule has 1 atom stereocenters. The highest BCUT2D eigenvalue weighted by Crippen LogP contribution is 2.30. The van der Waals surface area contributed by atoms with Gasteiger partial charge in [-0.1, -0.05) is 30.3 Å². The molecule has 158 valence electrons. The molecular formula is C24H24N4O2S. The largest absolute Gasteiger partial charge is 0.459 e. The molecule has 1 amide bonds. The van der Waals surface area contributed by atoms with E-state index in [1.165, 1.54) is 22.6 Å². The number of furan rings is 1. The number of aryl methyl sites for hydroxylation is 1. The van der Waals surface area contributed by atoms with E-state index < -0.39 is 0 Å². The van der Waals surface area contributed by atoms with E-state index in [9.17, 15) is 4.79 Å². The van der Waals surface area contributed by atoms with Gasteiger partial charge in [-0.3, -0.25) is 9.48 Å². The fourth-order valence-electron chi connectivity index (χ4n) is 4.12. The van der Waals surface area contributed by atoms with Crippen LogP contribution in [-0.4, -0.2) is 20.7 Å². The Bertz CT molecular complexity index is 1190. The van der Waals surface area contributed by atoms with E-state index in [2.05, 4.69) is 32.2 Å². The van der Waals surface area contributed by atoms with Crippen LogP contribution < -0.4 is 5.32 Å². The predicted octanol–water partition coefficient (Wildman–Crippen LogP) is 4.69. The van der Waals surface area contributed by atoms with E-state index in [0.29, 0.717) is 0 Å².